The molecule has 0 aromatic carbocycles. The molecule has 2 N–H and O–H groups in total. The van der Waals surface area contributed by atoms with Crippen molar-refractivity contribution >= 4 is 27.0 Å². The van der Waals surface area contributed by atoms with Crippen molar-refractivity contribution in [1.29, 1.82) is 0 Å². The lowest BCUT2D eigenvalue weighted by Gasteiger charge is -1.89. The molecule has 4 nitrogen and oxygen atoms in total. The minimum Gasteiger partial charge on any atom is -0.340 e. The first-order valence-corrected chi connectivity index (χ1v) is 4.73. The molecule has 0 fully saturated rings. The van der Waals surface area contributed by atoms with Gasteiger partial charge in [-0.1, -0.05) is 0 Å². The maximum atomic E-state index is 4.40. The van der Waals surface area contributed by atoms with Crippen molar-refractivity contribution in [1.82, 2.24) is 20.3 Å². The van der Waals surface area contributed by atoms with Crippen molar-refractivity contribution in [2.75, 3.05) is 7.05 Å². The Morgan fingerprint density at radius 3 is 3.08 bits per heavy atom. The topological polar surface area (TPSA) is 53.6 Å². The van der Waals surface area contributed by atoms with Crippen LogP contribution in [-0.4, -0.2) is 22.0 Å². The van der Waals surface area contributed by atoms with Crippen LogP contribution in [0.3, 0.4) is 0 Å². The van der Waals surface area contributed by atoms with Gasteiger partial charge in [0.1, 0.15) is 11.3 Å². The number of halogens is 1. The Kier molecular flexibility index (Phi) is 2.28. The molecule has 0 unspecified atom stereocenters. The van der Waals surface area contributed by atoms with Crippen molar-refractivity contribution in [2.45, 2.75) is 6.54 Å². The van der Waals surface area contributed by atoms with E-state index < -0.39 is 0 Å². The molecule has 0 aliphatic heterocycles. The molecule has 13 heavy (non-hydrogen) atoms. The van der Waals surface area contributed by atoms with Crippen LogP contribution >= 0.6 is 15.9 Å². The molecular formula is C8H9BrN4. The monoisotopic (exact) mass is 240 g/mol. The van der Waals surface area contributed by atoms with Gasteiger partial charge in [-0.15, -0.1) is 0 Å². The highest BCUT2D eigenvalue weighted by Gasteiger charge is 2.04. The lowest BCUT2D eigenvalue weighted by molar-refractivity contribution is 0.775. The van der Waals surface area contributed by atoms with Crippen molar-refractivity contribution in [3.63, 3.8) is 0 Å². The number of aromatic nitrogens is 3. The van der Waals surface area contributed by atoms with Crippen LogP contribution in [-0.2, 0) is 6.54 Å². The molecule has 68 valence electrons. The third-order valence-corrected chi connectivity index (χ3v) is 2.32. The van der Waals surface area contributed by atoms with E-state index in [1.54, 1.807) is 12.4 Å². The molecule has 0 atom stereocenters. The predicted octanol–water partition coefficient (Wildman–Crippen LogP) is 1.44. The summed E-state index contributed by atoms with van der Waals surface area (Å²) in [4.78, 5) is 11.6. The van der Waals surface area contributed by atoms with Gasteiger partial charge in [0.25, 0.3) is 0 Å². The molecule has 5 heteroatoms. The standard InChI is InChI=1S/C8H9BrN4/c1-10-4-7-12-6-3-11-2-5(9)8(6)13-7/h2-3,10H,4H2,1H3,(H,12,13). The quantitative estimate of drug-likeness (QED) is 0.836. The molecule has 0 saturated carbocycles. The summed E-state index contributed by atoms with van der Waals surface area (Å²) in [5.74, 6) is 0.922. The number of nitrogens with zero attached hydrogens (tertiary/aromatic N) is 2. The predicted molar refractivity (Wildman–Crippen MR) is 54.4 cm³/mol. The highest BCUT2D eigenvalue weighted by Crippen LogP contribution is 2.19. The zero-order valence-corrected chi connectivity index (χ0v) is 8.72. The Labute approximate surface area is 83.9 Å². The molecule has 0 amide bonds. The van der Waals surface area contributed by atoms with Crippen molar-refractivity contribution < 1.29 is 0 Å². The first kappa shape index (κ1) is 8.65. The fraction of sp³-hybridized carbons (Fsp3) is 0.250. The summed E-state index contributed by atoms with van der Waals surface area (Å²) in [5, 5.41) is 3.03. The fourth-order valence-electron chi connectivity index (χ4n) is 1.20. The van der Waals surface area contributed by atoms with Gasteiger partial charge in [0, 0.05) is 6.20 Å². The summed E-state index contributed by atoms with van der Waals surface area (Å²) in [7, 11) is 1.89. The van der Waals surface area contributed by atoms with E-state index in [1.807, 2.05) is 7.05 Å². The molecule has 2 heterocycles. The molecule has 0 radical (unpaired) electrons. The summed E-state index contributed by atoms with van der Waals surface area (Å²) in [5.41, 5.74) is 1.89. The van der Waals surface area contributed by atoms with E-state index in [9.17, 15) is 0 Å². The maximum Gasteiger partial charge on any atom is 0.121 e. The maximum absolute atomic E-state index is 4.40. The van der Waals surface area contributed by atoms with E-state index >= 15 is 0 Å². The lowest BCUT2D eigenvalue weighted by atomic mass is 10.4. The van der Waals surface area contributed by atoms with Gasteiger partial charge in [0.2, 0.25) is 0 Å². The van der Waals surface area contributed by atoms with Crippen molar-refractivity contribution in [3.8, 4) is 0 Å². The summed E-state index contributed by atoms with van der Waals surface area (Å²) in [6.45, 7) is 0.737. The van der Waals surface area contributed by atoms with Crippen LogP contribution in [0, 0.1) is 0 Å². The second-order valence-corrected chi connectivity index (χ2v) is 3.59. The summed E-state index contributed by atoms with van der Waals surface area (Å²) < 4.78 is 0.920. The van der Waals surface area contributed by atoms with E-state index in [4.69, 9.17) is 0 Å². The number of H-pyrrole nitrogens is 1. The second kappa shape index (κ2) is 3.43. The first-order chi connectivity index (χ1) is 6.31. The Morgan fingerprint density at radius 2 is 2.38 bits per heavy atom. The van der Waals surface area contributed by atoms with Crippen LogP contribution in [0.4, 0.5) is 0 Å². The summed E-state index contributed by atoms with van der Waals surface area (Å²) >= 11 is 3.40. The van der Waals surface area contributed by atoms with Gasteiger partial charge in [-0.2, -0.15) is 0 Å². The molecule has 0 saturated heterocycles. The minimum atomic E-state index is 0.737. The average molecular weight is 241 g/mol. The molecule has 0 aliphatic rings. The summed E-state index contributed by atoms with van der Waals surface area (Å²) in [6, 6.07) is 0. The zero-order valence-electron chi connectivity index (χ0n) is 7.13. The highest BCUT2D eigenvalue weighted by molar-refractivity contribution is 9.10. The number of rotatable bonds is 2. The van der Waals surface area contributed by atoms with Crippen LogP contribution in [0.15, 0.2) is 16.9 Å². The third kappa shape index (κ3) is 1.57. The van der Waals surface area contributed by atoms with Crippen LogP contribution < -0.4 is 5.32 Å². The lowest BCUT2D eigenvalue weighted by Crippen LogP contribution is -2.06. The fourth-order valence-corrected chi connectivity index (χ4v) is 1.62. The number of pyridine rings is 1. The van der Waals surface area contributed by atoms with Gasteiger partial charge in [-0.3, -0.25) is 4.98 Å². The number of fused-ring (bicyclic) bond motifs is 1. The number of aromatic amines is 1. The SMILES string of the molecule is CNCc1nc2c(Br)cncc2[nH]1. The largest absolute Gasteiger partial charge is 0.340 e. The average Bonchev–Trinajstić information content (AvgIpc) is 2.49. The number of hydrogen-bond donors (Lipinski definition) is 2. The minimum absolute atomic E-state index is 0.737. The number of imidazole rings is 1. The van der Waals surface area contributed by atoms with Gasteiger partial charge in [-0.25, -0.2) is 4.98 Å². The third-order valence-electron chi connectivity index (χ3n) is 1.74. The first-order valence-electron chi connectivity index (χ1n) is 3.94. The molecule has 0 spiro atoms. The van der Waals surface area contributed by atoms with Crippen LogP contribution in [0.5, 0.6) is 0 Å². The van der Waals surface area contributed by atoms with Crippen LogP contribution in [0.25, 0.3) is 11.0 Å². The molecular weight excluding hydrogens is 232 g/mol. The molecule has 0 bridgehead atoms. The van der Waals surface area contributed by atoms with E-state index in [0.29, 0.717) is 0 Å². The molecule has 2 aromatic heterocycles. The number of nitrogens with one attached hydrogen (secondary N) is 2. The summed E-state index contributed by atoms with van der Waals surface area (Å²) in [6.07, 6.45) is 3.51. The zero-order chi connectivity index (χ0) is 9.26. The van der Waals surface area contributed by atoms with Crippen LogP contribution in [0.2, 0.25) is 0 Å². The Balaban J connectivity index is 2.55. The normalized spacial score (nSPS) is 10.9. The van der Waals surface area contributed by atoms with Gasteiger partial charge < -0.3 is 10.3 Å². The van der Waals surface area contributed by atoms with Gasteiger partial charge in [0.15, 0.2) is 0 Å². The number of hydrogen-bond acceptors (Lipinski definition) is 3. The molecule has 2 rings (SSSR count). The van der Waals surface area contributed by atoms with Gasteiger partial charge >= 0.3 is 0 Å². The van der Waals surface area contributed by atoms with Crippen molar-refractivity contribution in [3.05, 3.63) is 22.7 Å². The highest BCUT2D eigenvalue weighted by atomic mass is 79.9. The van der Waals surface area contributed by atoms with E-state index in [1.165, 1.54) is 0 Å². The Hall–Kier alpha value is -0.940. The van der Waals surface area contributed by atoms with E-state index in [2.05, 4.69) is 36.2 Å². The smallest absolute Gasteiger partial charge is 0.121 e. The van der Waals surface area contributed by atoms with E-state index in [-0.39, 0.29) is 0 Å². The van der Waals surface area contributed by atoms with Gasteiger partial charge in [-0.05, 0) is 23.0 Å². The van der Waals surface area contributed by atoms with E-state index in [0.717, 1.165) is 27.9 Å². The molecule has 2 aromatic rings. The second-order valence-electron chi connectivity index (χ2n) is 2.73. The van der Waals surface area contributed by atoms with Gasteiger partial charge in [0.05, 0.1) is 22.7 Å². The Bertz CT molecular complexity index is 423. The molecule has 0 aliphatic carbocycles. The van der Waals surface area contributed by atoms with Crippen molar-refractivity contribution in [2.24, 2.45) is 0 Å². The Morgan fingerprint density at radius 1 is 1.54 bits per heavy atom. The van der Waals surface area contributed by atoms with Crippen LogP contribution in [0.1, 0.15) is 5.82 Å².